The normalized spacial score (nSPS) is 23.0. The van der Waals surface area contributed by atoms with E-state index in [0.717, 1.165) is 19.4 Å². The first-order valence-corrected chi connectivity index (χ1v) is 7.04. The van der Waals surface area contributed by atoms with Crippen LogP contribution < -0.4 is 0 Å². The van der Waals surface area contributed by atoms with Gasteiger partial charge in [0.05, 0.1) is 6.61 Å². The summed E-state index contributed by atoms with van der Waals surface area (Å²) in [5.74, 6) is 0.591. The number of esters is 1. The van der Waals surface area contributed by atoms with Crippen molar-refractivity contribution in [2.45, 2.75) is 65.5 Å². The van der Waals surface area contributed by atoms with Crippen LogP contribution in [0.4, 0.5) is 0 Å². The summed E-state index contributed by atoms with van der Waals surface area (Å²) in [5.41, 5.74) is 0. The van der Waals surface area contributed by atoms with Crippen LogP contribution in [0.1, 0.15) is 53.4 Å². The highest BCUT2D eigenvalue weighted by Crippen LogP contribution is 2.27. The molecule has 1 aliphatic rings. The van der Waals surface area contributed by atoms with Crippen molar-refractivity contribution < 1.29 is 9.53 Å². The summed E-state index contributed by atoms with van der Waals surface area (Å²) in [6, 6.07) is 0.533. The fraction of sp³-hybridized carbons (Fsp3) is 0.929. The summed E-state index contributed by atoms with van der Waals surface area (Å²) in [6.07, 6.45) is 4.38. The Balaban J connectivity index is 2.71. The molecular formula is C14H27NO2. The molecule has 0 aromatic carbocycles. The second-order valence-corrected chi connectivity index (χ2v) is 5.25. The minimum absolute atomic E-state index is 0.0187. The summed E-state index contributed by atoms with van der Waals surface area (Å²) in [6.45, 7) is 10.0. The van der Waals surface area contributed by atoms with Gasteiger partial charge in [0.15, 0.2) is 0 Å². The Morgan fingerprint density at radius 1 is 1.41 bits per heavy atom. The third-order valence-corrected chi connectivity index (χ3v) is 3.63. The molecule has 1 aliphatic heterocycles. The van der Waals surface area contributed by atoms with Crippen molar-refractivity contribution in [3.8, 4) is 0 Å². The first kappa shape index (κ1) is 14.5. The molecule has 17 heavy (non-hydrogen) atoms. The molecule has 100 valence electrons. The Morgan fingerprint density at radius 2 is 2.12 bits per heavy atom. The third-order valence-electron chi connectivity index (χ3n) is 3.63. The van der Waals surface area contributed by atoms with E-state index >= 15 is 0 Å². The molecule has 1 heterocycles. The Labute approximate surface area is 106 Å². The van der Waals surface area contributed by atoms with E-state index in [1.807, 2.05) is 6.92 Å². The highest BCUT2D eigenvalue weighted by molar-refractivity contribution is 5.75. The van der Waals surface area contributed by atoms with E-state index in [1.165, 1.54) is 12.8 Å². The molecule has 1 saturated heterocycles. The molecule has 2 unspecified atom stereocenters. The number of likely N-dealkylation sites (tertiary alicyclic amines) is 1. The van der Waals surface area contributed by atoms with Gasteiger partial charge in [-0.05, 0) is 38.6 Å². The zero-order valence-electron chi connectivity index (χ0n) is 11.7. The van der Waals surface area contributed by atoms with Crippen LogP contribution in [0.3, 0.4) is 0 Å². The average Bonchev–Trinajstić information content (AvgIpc) is 2.74. The van der Waals surface area contributed by atoms with Gasteiger partial charge in [0.25, 0.3) is 0 Å². The molecule has 3 nitrogen and oxygen atoms in total. The molecule has 0 aromatic rings. The van der Waals surface area contributed by atoms with Crippen LogP contribution in [0, 0.1) is 5.92 Å². The number of hydrogen-bond donors (Lipinski definition) is 0. The number of carbonyl (C=O) groups excluding carboxylic acids is 1. The van der Waals surface area contributed by atoms with E-state index in [1.54, 1.807) is 0 Å². The van der Waals surface area contributed by atoms with Crippen LogP contribution in [-0.4, -0.2) is 36.1 Å². The number of ether oxygens (including phenoxy) is 1. The quantitative estimate of drug-likeness (QED) is 0.670. The van der Waals surface area contributed by atoms with Gasteiger partial charge in [-0.15, -0.1) is 0 Å². The van der Waals surface area contributed by atoms with Gasteiger partial charge in [0.2, 0.25) is 0 Å². The first-order valence-electron chi connectivity index (χ1n) is 7.04. The zero-order chi connectivity index (χ0) is 12.8. The van der Waals surface area contributed by atoms with Crippen molar-refractivity contribution in [1.82, 2.24) is 4.90 Å². The van der Waals surface area contributed by atoms with Gasteiger partial charge in [-0.3, -0.25) is 9.69 Å². The number of hydrogen-bond acceptors (Lipinski definition) is 3. The molecule has 0 bridgehead atoms. The van der Waals surface area contributed by atoms with Crippen LogP contribution in [-0.2, 0) is 9.53 Å². The van der Waals surface area contributed by atoms with Crippen LogP contribution in [0.2, 0.25) is 0 Å². The van der Waals surface area contributed by atoms with Crippen molar-refractivity contribution in [2.75, 3.05) is 13.2 Å². The van der Waals surface area contributed by atoms with Crippen LogP contribution in [0.25, 0.3) is 0 Å². The monoisotopic (exact) mass is 241 g/mol. The van der Waals surface area contributed by atoms with Crippen molar-refractivity contribution in [3.05, 3.63) is 0 Å². The summed E-state index contributed by atoms with van der Waals surface area (Å²) in [4.78, 5) is 14.4. The lowest BCUT2D eigenvalue weighted by molar-refractivity contribution is -0.150. The molecular weight excluding hydrogens is 214 g/mol. The largest absolute Gasteiger partial charge is 0.465 e. The van der Waals surface area contributed by atoms with Crippen LogP contribution in [0.5, 0.6) is 0 Å². The molecule has 0 N–H and O–H groups in total. The summed E-state index contributed by atoms with van der Waals surface area (Å²) < 4.78 is 5.22. The van der Waals surface area contributed by atoms with E-state index in [2.05, 4.69) is 25.7 Å². The van der Waals surface area contributed by atoms with Gasteiger partial charge in [-0.1, -0.05) is 27.2 Å². The van der Waals surface area contributed by atoms with Gasteiger partial charge in [-0.2, -0.15) is 0 Å². The Morgan fingerprint density at radius 3 is 2.65 bits per heavy atom. The van der Waals surface area contributed by atoms with E-state index in [4.69, 9.17) is 4.74 Å². The summed E-state index contributed by atoms with van der Waals surface area (Å²) in [7, 11) is 0. The lowest BCUT2D eigenvalue weighted by Crippen LogP contribution is -2.46. The Bertz CT molecular complexity index is 240. The van der Waals surface area contributed by atoms with Gasteiger partial charge in [0, 0.05) is 6.04 Å². The van der Waals surface area contributed by atoms with Crippen molar-refractivity contribution in [2.24, 2.45) is 5.92 Å². The van der Waals surface area contributed by atoms with E-state index in [-0.39, 0.29) is 12.0 Å². The van der Waals surface area contributed by atoms with Crippen LogP contribution in [0.15, 0.2) is 0 Å². The zero-order valence-corrected chi connectivity index (χ0v) is 11.7. The maximum absolute atomic E-state index is 12.0. The standard InChI is InChI=1S/C14H27NO2/c1-5-8-13(14(16)17-6-2)15-10-7-9-12(15)11(3)4/h11-13H,5-10H2,1-4H3. The highest BCUT2D eigenvalue weighted by atomic mass is 16.5. The maximum atomic E-state index is 12.0. The molecule has 3 heteroatoms. The minimum atomic E-state index is -0.0260. The summed E-state index contributed by atoms with van der Waals surface area (Å²) in [5, 5.41) is 0. The van der Waals surface area contributed by atoms with E-state index in [9.17, 15) is 4.79 Å². The first-order chi connectivity index (χ1) is 8.11. The van der Waals surface area contributed by atoms with Crippen molar-refractivity contribution in [3.63, 3.8) is 0 Å². The predicted octanol–water partition coefficient (Wildman–Crippen LogP) is 2.84. The second kappa shape index (κ2) is 7.00. The van der Waals surface area contributed by atoms with Gasteiger partial charge in [0.1, 0.15) is 6.04 Å². The number of rotatable bonds is 6. The van der Waals surface area contributed by atoms with Crippen molar-refractivity contribution >= 4 is 5.97 Å². The topological polar surface area (TPSA) is 29.5 Å². The van der Waals surface area contributed by atoms with Crippen molar-refractivity contribution in [1.29, 1.82) is 0 Å². The fourth-order valence-electron chi connectivity index (χ4n) is 2.85. The van der Waals surface area contributed by atoms with E-state index in [0.29, 0.717) is 18.6 Å². The molecule has 0 radical (unpaired) electrons. The molecule has 0 spiro atoms. The number of carbonyl (C=O) groups is 1. The van der Waals surface area contributed by atoms with Gasteiger partial charge < -0.3 is 4.74 Å². The SMILES string of the molecule is CCCC(C(=O)OCC)N1CCCC1C(C)C. The third kappa shape index (κ3) is 3.70. The van der Waals surface area contributed by atoms with E-state index < -0.39 is 0 Å². The molecule has 0 saturated carbocycles. The second-order valence-electron chi connectivity index (χ2n) is 5.25. The average molecular weight is 241 g/mol. The maximum Gasteiger partial charge on any atom is 0.323 e. The van der Waals surface area contributed by atoms with Crippen LogP contribution >= 0.6 is 0 Å². The Hall–Kier alpha value is -0.570. The minimum Gasteiger partial charge on any atom is -0.465 e. The molecule has 0 aliphatic carbocycles. The smallest absolute Gasteiger partial charge is 0.323 e. The lowest BCUT2D eigenvalue weighted by atomic mass is 9.99. The molecule has 0 amide bonds. The molecule has 0 aromatic heterocycles. The lowest BCUT2D eigenvalue weighted by Gasteiger charge is -2.33. The molecule has 1 rings (SSSR count). The number of nitrogens with zero attached hydrogens (tertiary/aromatic N) is 1. The van der Waals surface area contributed by atoms with Gasteiger partial charge in [-0.25, -0.2) is 0 Å². The molecule has 1 fully saturated rings. The van der Waals surface area contributed by atoms with Gasteiger partial charge >= 0.3 is 5.97 Å². The predicted molar refractivity (Wildman–Crippen MR) is 69.9 cm³/mol. The highest BCUT2D eigenvalue weighted by Gasteiger charge is 2.36. The Kier molecular flexibility index (Phi) is 5.96. The molecule has 2 atom stereocenters. The summed E-state index contributed by atoms with van der Waals surface area (Å²) >= 11 is 0. The fourth-order valence-corrected chi connectivity index (χ4v) is 2.85.